The van der Waals surface area contributed by atoms with Crippen LogP contribution in [0.2, 0.25) is 0 Å². The molecule has 2 aromatic carbocycles. The van der Waals surface area contributed by atoms with Gasteiger partial charge in [-0.2, -0.15) is 0 Å². The highest BCUT2D eigenvalue weighted by Gasteiger charge is 2.20. The van der Waals surface area contributed by atoms with Gasteiger partial charge in [0.15, 0.2) is 4.34 Å². The first-order valence-corrected chi connectivity index (χ1v) is 10.0. The lowest BCUT2D eigenvalue weighted by Gasteiger charge is -2.13. The van der Waals surface area contributed by atoms with Crippen LogP contribution in [0.4, 0.5) is 5.69 Å². The largest absolute Gasteiger partial charge is 0.495 e. The van der Waals surface area contributed by atoms with Crippen LogP contribution in [0.5, 0.6) is 5.75 Å². The van der Waals surface area contributed by atoms with E-state index in [0.717, 1.165) is 25.7 Å². The third kappa shape index (κ3) is 3.50. The van der Waals surface area contributed by atoms with Crippen LogP contribution in [0.3, 0.4) is 0 Å². The van der Waals surface area contributed by atoms with Crippen molar-refractivity contribution in [3.63, 3.8) is 0 Å². The minimum atomic E-state index is -0.326. The van der Waals surface area contributed by atoms with E-state index in [1.165, 1.54) is 23.1 Å². The van der Waals surface area contributed by atoms with Gasteiger partial charge in [-0.1, -0.05) is 41.3 Å². The van der Waals surface area contributed by atoms with Crippen molar-refractivity contribution in [3.8, 4) is 5.75 Å². The maximum absolute atomic E-state index is 12.6. The standard InChI is InChI=1S/C19H17N3O3S2/c1-10(26-19-22-21-11(2)27-19)18(23)20-14-9-16-13(8-17(14)24-3)12-6-4-5-7-15(12)25-16/h4-10H,1-3H3,(H,20,23)/t10-/m1/s1. The van der Waals surface area contributed by atoms with E-state index in [0.29, 0.717) is 17.0 Å². The van der Waals surface area contributed by atoms with E-state index in [-0.39, 0.29) is 11.2 Å². The maximum Gasteiger partial charge on any atom is 0.237 e. The number of carbonyl (C=O) groups excluding carboxylic acids is 1. The summed E-state index contributed by atoms with van der Waals surface area (Å²) in [6, 6.07) is 11.5. The van der Waals surface area contributed by atoms with Gasteiger partial charge >= 0.3 is 0 Å². The number of hydrogen-bond donors (Lipinski definition) is 1. The second-order valence-electron chi connectivity index (χ2n) is 5.98. The Morgan fingerprint density at radius 1 is 1.22 bits per heavy atom. The molecule has 0 radical (unpaired) electrons. The lowest BCUT2D eigenvalue weighted by atomic mass is 10.1. The van der Waals surface area contributed by atoms with Crippen molar-refractivity contribution in [2.45, 2.75) is 23.4 Å². The molecule has 0 fully saturated rings. The molecule has 0 unspecified atom stereocenters. The fourth-order valence-corrected chi connectivity index (χ4v) is 4.74. The van der Waals surface area contributed by atoms with Gasteiger partial charge in [-0.25, -0.2) is 0 Å². The number of rotatable bonds is 5. The number of para-hydroxylation sites is 1. The van der Waals surface area contributed by atoms with Crippen LogP contribution >= 0.6 is 23.1 Å². The summed E-state index contributed by atoms with van der Waals surface area (Å²) in [6.07, 6.45) is 0. The number of hydrogen-bond acceptors (Lipinski definition) is 7. The summed E-state index contributed by atoms with van der Waals surface area (Å²) in [4.78, 5) is 12.6. The minimum Gasteiger partial charge on any atom is -0.495 e. The topological polar surface area (TPSA) is 77.2 Å². The van der Waals surface area contributed by atoms with Crippen molar-refractivity contribution >= 4 is 56.6 Å². The predicted octanol–water partition coefficient (Wildman–Crippen LogP) is 4.87. The van der Waals surface area contributed by atoms with E-state index >= 15 is 0 Å². The molecule has 8 heteroatoms. The molecule has 6 nitrogen and oxygen atoms in total. The van der Waals surface area contributed by atoms with Crippen LogP contribution < -0.4 is 10.1 Å². The Hall–Kier alpha value is -2.58. The molecule has 0 aliphatic heterocycles. The Balaban J connectivity index is 1.62. The Bertz CT molecular complexity index is 1140. The molecule has 1 amide bonds. The number of nitrogens with zero attached hydrogens (tertiary/aromatic N) is 2. The van der Waals surface area contributed by atoms with Crippen LogP contribution in [-0.2, 0) is 4.79 Å². The molecule has 2 heterocycles. The van der Waals surface area contributed by atoms with E-state index < -0.39 is 0 Å². The number of thioether (sulfide) groups is 1. The normalized spacial score (nSPS) is 12.4. The van der Waals surface area contributed by atoms with Gasteiger partial charge in [0, 0.05) is 16.8 Å². The van der Waals surface area contributed by atoms with Gasteiger partial charge in [0.05, 0.1) is 18.0 Å². The van der Waals surface area contributed by atoms with E-state index in [4.69, 9.17) is 9.15 Å². The number of nitrogens with one attached hydrogen (secondary N) is 1. The molecule has 0 saturated carbocycles. The number of methoxy groups -OCH3 is 1. The van der Waals surface area contributed by atoms with E-state index in [1.54, 1.807) is 13.2 Å². The first kappa shape index (κ1) is 17.8. The van der Waals surface area contributed by atoms with Gasteiger partial charge in [0.2, 0.25) is 5.91 Å². The van der Waals surface area contributed by atoms with Crippen molar-refractivity contribution in [1.29, 1.82) is 0 Å². The molecule has 0 bridgehead atoms. The lowest BCUT2D eigenvalue weighted by molar-refractivity contribution is -0.115. The van der Waals surface area contributed by atoms with Crippen LogP contribution in [0, 0.1) is 6.92 Å². The smallest absolute Gasteiger partial charge is 0.237 e. The van der Waals surface area contributed by atoms with Gasteiger partial charge in [0.1, 0.15) is 21.9 Å². The maximum atomic E-state index is 12.6. The highest BCUT2D eigenvalue weighted by molar-refractivity contribution is 8.02. The van der Waals surface area contributed by atoms with Crippen LogP contribution in [0.1, 0.15) is 11.9 Å². The summed E-state index contributed by atoms with van der Waals surface area (Å²) in [5.41, 5.74) is 2.08. The van der Waals surface area contributed by atoms with Gasteiger partial charge in [-0.15, -0.1) is 10.2 Å². The van der Waals surface area contributed by atoms with Gasteiger partial charge in [0.25, 0.3) is 0 Å². The first-order valence-electron chi connectivity index (χ1n) is 8.32. The molecule has 27 heavy (non-hydrogen) atoms. The molecule has 138 valence electrons. The van der Waals surface area contributed by atoms with Gasteiger partial charge < -0.3 is 14.5 Å². The summed E-state index contributed by atoms with van der Waals surface area (Å²) in [5, 5.41) is 13.5. The van der Waals surface area contributed by atoms with E-state index in [1.807, 2.05) is 44.2 Å². The van der Waals surface area contributed by atoms with Crippen molar-refractivity contribution in [2.75, 3.05) is 12.4 Å². The number of carbonyl (C=O) groups is 1. The average Bonchev–Trinajstić information content (AvgIpc) is 3.23. The average molecular weight is 399 g/mol. The molecule has 4 rings (SSSR count). The fourth-order valence-electron chi connectivity index (χ4n) is 2.78. The molecule has 2 aromatic heterocycles. The number of aryl methyl sites for hydroxylation is 1. The van der Waals surface area contributed by atoms with Crippen LogP contribution in [-0.4, -0.2) is 28.5 Å². The monoisotopic (exact) mass is 399 g/mol. The molecular weight excluding hydrogens is 382 g/mol. The van der Waals surface area contributed by atoms with Crippen LogP contribution in [0.15, 0.2) is 45.2 Å². The summed E-state index contributed by atoms with van der Waals surface area (Å²) in [7, 11) is 1.58. The zero-order valence-electron chi connectivity index (χ0n) is 15.0. The van der Waals surface area contributed by atoms with E-state index in [2.05, 4.69) is 15.5 Å². The second kappa shape index (κ2) is 7.21. The minimum absolute atomic E-state index is 0.137. The number of anilines is 1. The van der Waals surface area contributed by atoms with E-state index in [9.17, 15) is 4.79 Å². The third-order valence-corrected chi connectivity index (χ3v) is 6.13. The second-order valence-corrected chi connectivity index (χ2v) is 8.75. The Morgan fingerprint density at radius 3 is 2.78 bits per heavy atom. The van der Waals surface area contributed by atoms with Crippen LogP contribution in [0.25, 0.3) is 21.9 Å². The predicted molar refractivity (Wildman–Crippen MR) is 109 cm³/mol. The summed E-state index contributed by atoms with van der Waals surface area (Å²) < 4.78 is 12.2. The Labute approximate surface area is 163 Å². The number of benzene rings is 2. The number of aromatic nitrogens is 2. The summed E-state index contributed by atoms with van der Waals surface area (Å²) in [5.74, 6) is 0.452. The van der Waals surface area contributed by atoms with Crippen molar-refractivity contribution in [1.82, 2.24) is 10.2 Å². The summed E-state index contributed by atoms with van der Waals surface area (Å²) in [6.45, 7) is 3.73. The zero-order chi connectivity index (χ0) is 19.0. The molecule has 0 aliphatic carbocycles. The fraction of sp³-hybridized carbons (Fsp3) is 0.211. The summed E-state index contributed by atoms with van der Waals surface area (Å²) >= 11 is 2.85. The van der Waals surface area contributed by atoms with Crippen molar-refractivity contribution in [2.24, 2.45) is 0 Å². The van der Waals surface area contributed by atoms with Gasteiger partial charge in [-0.3, -0.25) is 4.79 Å². The Morgan fingerprint density at radius 2 is 2.04 bits per heavy atom. The molecular formula is C19H17N3O3S2. The molecule has 0 saturated heterocycles. The zero-order valence-corrected chi connectivity index (χ0v) is 16.6. The number of ether oxygens (including phenoxy) is 1. The molecule has 1 atom stereocenters. The number of amides is 1. The number of furan rings is 1. The van der Waals surface area contributed by atoms with Crippen molar-refractivity contribution in [3.05, 3.63) is 41.4 Å². The highest BCUT2D eigenvalue weighted by Crippen LogP contribution is 2.37. The molecule has 4 aromatic rings. The first-order chi connectivity index (χ1) is 13.0. The SMILES string of the molecule is COc1cc2c(cc1NC(=O)[C@@H](C)Sc1nnc(C)s1)oc1ccccc12. The molecule has 0 spiro atoms. The van der Waals surface area contributed by atoms with Crippen molar-refractivity contribution < 1.29 is 13.9 Å². The molecule has 0 aliphatic rings. The highest BCUT2D eigenvalue weighted by atomic mass is 32.2. The third-order valence-electron chi connectivity index (χ3n) is 4.11. The van der Waals surface area contributed by atoms with Gasteiger partial charge in [-0.05, 0) is 26.0 Å². The Kier molecular flexibility index (Phi) is 4.75. The number of fused-ring (bicyclic) bond motifs is 3. The molecule has 1 N–H and O–H groups in total. The quantitative estimate of drug-likeness (QED) is 0.482. The lowest BCUT2D eigenvalue weighted by Crippen LogP contribution is -2.22.